The second-order valence-electron chi connectivity index (χ2n) is 18.0. The number of morpholine rings is 1. The first-order chi connectivity index (χ1) is 32.2. The molecule has 1 aliphatic heterocycles. The van der Waals surface area contributed by atoms with E-state index in [0.29, 0.717) is 44.7 Å². The van der Waals surface area contributed by atoms with Gasteiger partial charge in [0.1, 0.15) is 24.7 Å². The number of aryl methyl sites for hydroxylation is 1. The Morgan fingerprint density at radius 2 is 1.31 bits per heavy atom. The number of carbonyl (C=O) groups is 7. The van der Waals surface area contributed by atoms with Crippen molar-refractivity contribution >= 4 is 51.4 Å². The topological polar surface area (TPSA) is 245 Å². The minimum Gasteiger partial charge on any atom is -0.449 e. The zero-order valence-corrected chi connectivity index (χ0v) is 41.0. The number of terminal acetylenes is 1. The summed E-state index contributed by atoms with van der Waals surface area (Å²) in [6.07, 6.45) is 6.31. The second kappa shape index (κ2) is 28.6. The van der Waals surface area contributed by atoms with Gasteiger partial charge in [0.15, 0.2) is 5.60 Å². The number of esters is 1. The highest BCUT2D eigenvalue weighted by molar-refractivity contribution is 7.86. The van der Waals surface area contributed by atoms with Crippen molar-refractivity contribution in [1.29, 1.82) is 0 Å². The van der Waals surface area contributed by atoms with Gasteiger partial charge in [0.2, 0.25) is 35.3 Å². The van der Waals surface area contributed by atoms with Crippen LogP contribution in [0.15, 0.2) is 60.7 Å². The zero-order valence-electron chi connectivity index (χ0n) is 40.2. The van der Waals surface area contributed by atoms with Crippen LogP contribution < -0.4 is 26.6 Å². The van der Waals surface area contributed by atoms with Gasteiger partial charge in [-0.25, -0.2) is 0 Å². The van der Waals surface area contributed by atoms with Crippen molar-refractivity contribution in [2.24, 2.45) is 11.8 Å². The molecular formula is C49H70N6O12S. The lowest BCUT2D eigenvalue weighted by Gasteiger charge is -2.33. The van der Waals surface area contributed by atoms with Crippen LogP contribution in [0.3, 0.4) is 0 Å². The summed E-state index contributed by atoms with van der Waals surface area (Å²) in [7, 11) is -4.18. The summed E-state index contributed by atoms with van der Waals surface area (Å²) in [5.41, 5.74) is -0.672. The van der Waals surface area contributed by atoms with Crippen LogP contribution in [0.1, 0.15) is 84.3 Å². The van der Waals surface area contributed by atoms with Crippen molar-refractivity contribution in [3.63, 3.8) is 0 Å². The molecule has 19 heteroatoms. The van der Waals surface area contributed by atoms with Gasteiger partial charge in [-0.1, -0.05) is 94.3 Å². The van der Waals surface area contributed by atoms with Gasteiger partial charge in [-0.05, 0) is 62.0 Å². The van der Waals surface area contributed by atoms with Crippen LogP contribution in [0.5, 0.6) is 0 Å². The third-order valence-corrected chi connectivity index (χ3v) is 11.5. The zero-order chi connectivity index (χ0) is 50.3. The molecule has 374 valence electrons. The molecule has 5 N–H and O–H groups in total. The number of nitrogens with one attached hydrogen (secondary N) is 5. The molecule has 1 fully saturated rings. The molecule has 1 unspecified atom stereocenters. The van der Waals surface area contributed by atoms with Crippen molar-refractivity contribution in [3.8, 4) is 12.3 Å². The molecule has 0 aliphatic carbocycles. The molecule has 68 heavy (non-hydrogen) atoms. The minimum absolute atomic E-state index is 0.0163. The van der Waals surface area contributed by atoms with Crippen LogP contribution in [-0.2, 0) is 70.2 Å². The lowest BCUT2D eigenvalue weighted by Crippen LogP contribution is -2.60. The molecule has 5 atom stereocenters. The third kappa shape index (κ3) is 21.5. The Morgan fingerprint density at radius 3 is 1.90 bits per heavy atom. The van der Waals surface area contributed by atoms with E-state index in [4.69, 9.17) is 20.1 Å². The quantitative estimate of drug-likeness (QED) is 0.0446. The molecule has 1 aliphatic rings. The monoisotopic (exact) mass is 966 g/mol. The van der Waals surface area contributed by atoms with Crippen molar-refractivity contribution in [1.82, 2.24) is 31.5 Å². The molecule has 2 aromatic carbocycles. The number of ketones is 1. The van der Waals surface area contributed by atoms with Gasteiger partial charge >= 0.3 is 5.97 Å². The normalized spacial score (nSPS) is 15.6. The number of amides is 5. The number of hydrogen-bond donors (Lipinski definition) is 5. The van der Waals surface area contributed by atoms with Crippen molar-refractivity contribution in [2.45, 2.75) is 116 Å². The first-order valence-corrected chi connectivity index (χ1v) is 24.9. The average Bonchev–Trinajstić information content (AvgIpc) is 3.29. The molecule has 1 heterocycles. The summed E-state index contributed by atoms with van der Waals surface area (Å²) >= 11 is 0. The molecule has 3 rings (SSSR count). The Kier molecular flexibility index (Phi) is 23.8. The predicted molar refractivity (Wildman–Crippen MR) is 255 cm³/mol. The highest BCUT2D eigenvalue weighted by Gasteiger charge is 2.44. The van der Waals surface area contributed by atoms with Gasteiger partial charge < -0.3 is 36.1 Å². The van der Waals surface area contributed by atoms with E-state index in [9.17, 15) is 42.0 Å². The van der Waals surface area contributed by atoms with E-state index in [1.807, 2.05) is 62.9 Å². The van der Waals surface area contributed by atoms with E-state index >= 15 is 0 Å². The van der Waals surface area contributed by atoms with Gasteiger partial charge in [0, 0.05) is 25.9 Å². The molecular weight excluding hydrogens is 897 g/mol. The van der Waals surface area contributed by atoms with E-state index in [2.05, 4.69) is 32.5 Å². The van der Waals surface area contributed by atoms with Gasteiger partial charge in [-0.3, -0.25) is 42.6 Å². The van der Waals surface area contributed by atoms with Crippen LogP contribution in [0, 0.1) is 24.2 Å². The van der Waals surface area contributed by atoms with E-state index in [1.165, 1.54) is 0 Å². The van der Waals surface area contributed by atoms with Crippen molar-refractivity contribution in [2.75, 3.05) is 52.3 Å². The molecule has 0 aromatic heterocycles. The van der Waals surface area contributed by atoms with Gasteiger partial charge in [-0.15, -0.1) is 6.42 Å². The average molecular weight is 967 g/mol. The maximum atomic E-state index is 14.6. The van der Waals surface area contributed by atoms with Gasteiger partial charge in [0.05, 0.1) is 45.0 Å². The first kappa shape index (κ1) is 56.6. The number of rotatable bonds is 29. The van der Waals surface area contributed by atoms with Crippen LogP contribution >= 0.6 is 0 Å². The second-order valence-corrected chi connectivity index (χ2v) is 19.7. The number of nitrogens with zero attached hydrogens (tertiary/aromatic N) is 1. The fraction of sp³-hybridized carbons (Fsp3) is 0.571. The summed E-state index contributed by atoms with van der Waals surface area (Å²) in [5, 5.41) is 13.7. The number of ether oxygens (including phenoxy) is 2. The van der Waals surface area contributed by atoms with E-state index in [-0.39, 0.29) is 62.9 Å². The Morgan fingerprint density at radius 1 is 0.735 bits per heavy atom. The molecule has 0 saturated carbocycles. The molecule has 18 nitrogen and oxygen atoms in total. The molecule has 1 saturated heterocycles. The standard InChI is InChI=1S/C49H70N6O12S/c1-8-25-50-42(56)23-24-44(58)67-49(6,33-66-68(7,63)64)45(59)38(21-19-34(2)3)52-48(62)41(31-37-17-13-10-14-18-37)54-47(61)40(30-35(4)5)53-46(60)39(22-20-36-15-11-9-12-16-36)51-43(57)32-55-26-28-65-29-27-55/h1,9-18,34-35,38-41H,19-33H2,2-7H3,(H,50,56)(H,51,57)(H,52,62)(H,53,60)(H,54,61)/t38-,39-,40-,41-,49?/m0/s1. The van der Waals surface area contributed by atoms with Crippen LogP contribution in [-0.4, -0.2) is 137 Å². The number of carbonyl (C=O) groups excluding carboxylic acids is 7. The lowest BCUT2D eigenvalue weighted by molar-refractivity contribution is -0.170. The number of hydrogen-bond acceptors (Lipinski definition) is 13. The maximum absolute atomic E-state index is 14.6. The van der Waals surface area contributed by atoms with Gasteiger partial charge in [0.25, 0.3) is 10.1 Å². The number of Topliss-reactive ketones (excluding diaryl/α,β-unsaturated/α-hetero) is 1. The molecule has 0 radical (unpaired) electrons. The van der Waals surface area contributed by atoms with Crippen LogP contribution in [0.2, 0.25) is 0 Å². The lowest BCUT2D eigenvalue weighted by atomic mass is 9.90. The molecule has 5 amide bonds. The highest BCUT2D eigenvalue weighted by Crippen LogP contribution is 2.22. The summed E-state index contributed by atoms with van der Waals surface area (Å²) in [6.45, 7) is 9.84. The summed E-state index contributed by atoms with van der Waals surface area (Å²) in [5.74, 6) is -2.76. The minimum atomic E-state index is -4.18. The Labute approximate surface area is 401 Å². The number of benzene rings is 2. The fourth-order valence-corrected chi connectivity index (χ4v) is 7.71. The maximum Gasteiger partial charge on any atom is 0.307 e. The highest BCUT2D eigenvalue weighted by atomic mass is 32.2. The molecule has 0 bridgehead atoms. The predicted octanol–water partition coefficient (Wildman–Crippen LogP) is 1.99. The van der Waals surface area contributed by atoms with Crippen LogP contribution in [0.4, 0.5) is 0 Å². The van der Waals surface area contributed by atoms with Gasteiger partial charge in [-0.2, -0.15) is 8.42 Å². The van der Waals surface area contributed by atoms with Crippen LogP contribution in [0.25, 0.3) is 0 Å². The van der Waals surface area contributed by atoms with E-state index in [0.717, 1.165) is 18.7 Å². The summed E-state index contributed by atoms with van der Waals surface area (Å²) in [4.78, 5) is 98.2. The summed E-state index contributed by atoms with van der Waals surface area (Å²) in [6, 6.07) is 13.4. The smallest absolute Gasteiger partial charge is 0.307 e. The van der Waals surface area contributed by atoms with E-state index in [1.54, 1.807) is 30.3 Å². The Balaban J connectivity index is 1.93. The fourth-order valence-electron chi connectivity index (χ4n) is 7.27. The molecule has 0 spiro atoms. The first-order valence-electron chi connectivity index (χ1n) is 23.1. The third-order valence-electron chi connectivity index (χ3n) is 11.0. The largest absolute Gasteiger partial charge is 0.449 e. The SMILES string of the molecule is C#CCNC(=O)CCC(=O)OC(C)(COS(C)(=O)=O)C(=O)[C@H](CCC(C)C)NC(=O)[C@H](Cc1ccccc1)NC(=O)[C@H](CC(C)C)NC(=O)[C@H](CCc1ccccc1)NC(=O)CN1CCOCC1. The van der Waals surface area contributed by atoms with E-state index < -0.39 is 88.3 Å². The van der Waals surface area contributed by atoms with Crippen molar-refractivity contribution < 1.29 is 55.6 Å². The molecule has 2 aromatic rings. The summed E-state index contributed by atoms with van der Waals surface area (Å²) < 4.78 is 40.3. The Hall–Kier alpha value is -5.68. The van der Waals surface area contributed by atoms with Crippen molar-refractivity contribution in [3.05, 3.63) is 71.8 Å². The Bertz CT molecular complexity index is 2130.